The summed E-state index contributed by atoms with van der Waals surface area (Å²) in [6, 6.07) is 13.0. The number of fused-ring (bicyclic) bond motifs is 1. The minimum Gasteiger partial charge on any atom is -0.378 e. The van der Waals surface area contributed by atoms with Crippen LogP contribution in [0.3, 0.4) is 0 Å². The topological polar surface area (TPSA) is 111 Å². The lowest BCUT2D eigenvalue weighted by Crippen LogP contribution is -2.51. The van der Waals surface area contributed by atoms with E-state index >= 15 is 0 Å². The monoisotopic (exact) mass is 441 g/mol. The molecule has 1 fully saturated rings. The number of carbonyl (C=O) groups is 2. The molecule has 0 aliphatic carbocycles. The molecule has 2 amide bonds. The van der Waals surface area contributed by atoms with Gasteiger partial charge in [0.25, 0.3) is 21.8 Å². The second kappa shape index (κ2) is 8.03. The molecule has 31 heavy (non-hydrogen) atoms. The van der Waals surface area contributed by atoms with Crippen LogP contribution in [0.5, 0.6) is 0 Å². The van der Waals surface area contributed by atoms with Crippen LogP contribution < -0.4 is 15.8 Å². The summed E-state index contributed by atoms with van der Waals surface area (Å²) in [5.74, 6) is -0.579. The summed E-state index contributed by atoms with van der Waals surface area (Å²) >= 11 is 0. The molecule has 0 saturated carbocycles. The first-order valence-electron chi connectivity index (χ1n) is 9.86. The Morgan fingerprint density at radius 1 is 1.10 bits per heavy atom. The van der Waals surface area contributed by atoms with E-state index in [1.807, 2.05) is 25.1 Å². The molecule has 162 valence electrons. The highest BCUT2D eigenvalue weighted by molar-refractivity contribution is 7.90. The van der Waals surface area contributed by atoms with Crippen molar-refractivity contribution in [3.8, 4) is 0 Å². The zero-order valence-electron chi connectivity index (χ0n) is 17.2. The standard InChI is InChI=1S/C21H23N5O4S/c1-25(2)15-8-5-7-14(13-15)20(27)22-23-21(28)17-10-6-12-26(17)19-16-9-3-4-11-18(16)31(29,30)24-19/h3-5,7-9,11,13,17H,6,10,12H2,1-2H3,(H,22,27)(H,23,28)/t17-/m0/s1. The van der Waals surface area contributed by atoms with Gasteiger partial charge >= 0.3 is 0 Å². The van der Waals surface area contributed by atoms with Crippen molar-refractivity contribution in [1.29, 1.82) is 0 Å². The van der Waals surface area contributed by atoms with Crippen molar-refractivity contribution in [3.05, 3.63) is 59.7 Å². The Kier molecular flexibility index (Phi) is 5.40. The third-order valence-corrected chi connectivity index (χ3v) is 6.69. The second-order valence-electron chi connectivity index (χ2n) is 7.63. The maximum atomic E-state index is 12.8. The van der Waals surface area contributed by atoms with E-state index in [-0.39, 0.29) is 10.7 Å². The number of carbonyl (C=O) groups excluding carboxylic acids is 2. The van der Waals surface area contributed by atoms with E-state index < -0.39 is 27.9 Å². The van der Waals surface area contributed by atoms with E-state index in [4.69, 9.17) is 0 Å². The molecule has 1 atom stereocenters. The van der Waals surface area contributed by atoms with Crippen LogP contribution in [0.15, 0.2) is 57.8 Å². The Hall–Kier alpha value is -3.40. The zero-order valence-corrected chi connectivity index (χ0v) is 18.0. The molecule has 2 aromatic carbocycles. The minimum atomic E-state index is -3.77. The van der Waals surface area contributed by atoms with Crippen molar-refractivity contribution in [3.63, 3.8) is 0 Å². The van der Waals surface area contributed by atoms with Gasteiger partial charge in [-0.1, -0.05) is 18.2 Å². The van der Waals surface area contributed by atoms with E-state index in [1.165, 1.54) is 6.07 Å². The SMILES string of the molecule is CN(C)c1cccc(C(=O)NNC(=O)[C@@H]2CCCN2C2=NS(=O)(=O)c3ccccc32)c1. The Balaban J connectivity index is 1.47. The molecule has 2 aliphatic heterocycles. The van der Waals surface area contributed by atoms with Crippen LogP contribution in [0, 0.1) is 0 Å². The highest BCUT2D eigenvalue weighted by Crippen LogP contribution is 2.31. The zero-order chi connectivity index (χ0) is 22.2. The fourth-order valence-corrected chi connectivity index (χ4v) is 5.00. The summed E-state index contributed by atoms with van der Waals surface area (Å²) in [4.78, 5) is 29.0. The van der Waals surface area contributed by atoms with Crippen molar-refractivity contribution < 1.29 is 18.0 Å². The molecule has 10 heteroatoms. The van der Waals surface area contributed by atoms with Gasteiger partial charge in [-0.3, -0.25) is 20.4 Å². The molecule has 0 unspecified atom stereocenters. The molecule has 2 aromatic rings. The maximum absolute atomic E-state index is 12.8. The summed E-state index contributed by atoms with van der Waals surface area (Å²) in [7, 11) is -0.0282. The Bertz CT molecular complexity index is 1180. The van der Waals surface area contributed by atoms with Crippen molar-refractivity contribution in [1.82, 2.24) is 15.8 Å². The first-order valence-corrected chi connectivity index (χ1v) is 11.3. The third-order valence-electron chi connectivity index (χ3n) is 5.36. The van der Waals surface area contributed by atoms with E-state index in [0.29, 0.717) is 30.5 Å². The number of likely N-dealkylation sites (tertiary alicyclic amines) is 1. The molecule has 0 aromatic heterocycles. The van der Waals surface area contributed by atoms with Crippen LogP contribution in [-0.2, 0) is 14.8 Å². The number of amidine groups is 1. The van der Waals surface area contributed by atoms with Gasteiger partial charge < -0.3 is 9.80 Å². The van der Waals surface area contributed by atoms with Gasteiger partial charge in [-0.2, -0.15) is 8.42 Å². The number of nitrogens with zero attached hydrogens (tertiary/aromatic N) is 3. The fraction of sp³-hybridized carbons (Fsp3) is 0.286. The minimum absolute atomic E-state index is 0.144. The van der Waals surface area contributed by atoms with Crippen molar-refractivity contribution >= 4 is 33.4 Å². The van der Waals surface area contributed by atoms with E-state index in [9.17, 15) is 18.0 Å². The van der Waals surface area contributed by atoms with Gasteiger partial charge in [0.1, 0.15) is 10.9 Å². The van der Waals surface area contributed by atoms with E-state index in [2.05, 4.69) is 15.2 Å². The first kappa shape index (κ1) is 20.9. The molecule has 4 rings (SSSR count). The molecule has 2 aliphatic rings. The third kappa shape index (κ3) is 3.98. The predicted molar refractivity (Wildman–Crippen MR) is 116 cm³/mol. The molecule has 0 radical (unpaired) electrons. The summed E-state index contributed by atoms with van der Waals surface area (Å²) in [6.07, 6.45) is 1.23. The van der Waals surface area contributed by atoms with Gasteiger partial charge in [0.2, 0.25) is 0 Å². The molecule has 2 N–H and O–H groups in total. The van der Waals surface area contributed by atoms with Gasteiger partial charge in [-0.25, -0.2) is 0 Å². The number of amides is 2. The first-order chi connectivity index (χ1) is 14.8. The van der Waals surface area contributed by atoms with Crippen molar-refractivity contribution in [2.75, 3.05) is 25.5 Å². The summed E-state index contributed by atoms with van der Waals surface area (Å²) in [5.41, 5.74) is 6.68. The van der Waals surface area contributed by atoms with Crippen LogP contribution in [0.2, 0.25) is 0 Å². The number of nitrogens with one attached hydrogen (secondary N) is 2. The number of sulfonamides is 1. The smallest absolute Gasteiger partial charge is 0.285 e. The average molecular weight is 442 g/mol. The number of rotatable bonds is 3. The van der Waals surface area contributed by atoms with Crippen LogP contribution in [0.1, 0.15) is 28.8 Å². The molecular formula is C21H23N5O4S. The lowest BCUT2D eigenvalue weighted by molar-refractivity contribution is -0.125. The van der Waals surface area contributed by atoms with E-state index in [1.54, 1.807) is 41.3 Å². The Labute approximate surface area is 180 Å². The molecular weight excluding hydrogens is 418 g/mol. The molecule has 0 bridgehead atoms. The van der Waals surface area contributed by atoms with Gasteiger partial charge in [-0.05, 0) is 43.2 Å². The van der Waals surface area contributed by atoms with Crippen molar-refractivity contribution in [2.45, 2.75) is 23.8 Å². The second-order valence-corrected chi connectivity index (χ2v) is 9.20. The Morgan fingerprint density at radius 3 is 2.65 bits per heavy atom. The van der Waals surface area contributed by atoms with Crippen molar-refractivity contribution in [2.24, 2.45) is 4.40 Å². The number of hydrazine groups is 1. The maximum Gasteiger partial charge on any atom is 0.285 e. The highest BCUT2D eigenvalue weighted by atomic mass is 32.2. The summed E-state index contributed by atoms with van der Waals surface area (Å²) in [6.45, 7) is 0.500. The predicted octanol–water partition coefficient (Wildman–Crippen LogP) is 1.13. The van der Waals surface area contributed by atoms with Gasteiger partial charge in [-0.15, -0.1) is 4.40 Å². The van der Waals surface area contributed by atoms with E-state index in [0.717, 1.165) is 5.69 Å². The average Bonchev–Trinajstić information content (AvgIpc) is 3.35. The van der Waals surface area contributed by atoms with Gasteiger partial charge in [0, 0.05) is 37.5 Å². The molecule has 0 spiro atoms. The highest BCUT2D eigenvalue weighted by Gasteiger charge is 2.39. The number of benzene rings is 2. The Morgan fingerprint density at radius 2 is 1.87 bits per heavy atom. The largest absolute Gasteiger partial charge is 0.378 e. The molecule has 2 heterocycles. The quantitative estimate of drug-likeness (QED) is 0.691. The number of hydrogen-bond acceptors (Lipinski definition) is 6. The molecule has 1 saturated heterocycles. The van der Waals surface area contributed by atoms with Crippen LogP contribution in [-0.4, -0.2) is 57.6 Å². The summed E-state index contributed by atoms with van der Waals surface area (Å²) < 4.78 is 28.7. The number of anilines is 1. The van der Waals surface area contributed by atoms with Crippen LogP contribution in [0.25, 0.3) is 0 Å². The molecule has 9 nitrogen and oxygen atoms in total. The summed E-state index contributed by atoms with van der Waals surface area (Å²) in [5, 5.41) is 0. The van der Waals surface area contributed by atoms with Crippen LogP contribution in [0.4, 0.5) is 5.69 Å². The lowest BCUT2D eigenvalue weighted by atomic mass is 10.1. The van der Waals surface area contributed by atoms with Gasteiger partial charge in [0.15, 0.2) is 5.84 Å². The fourth-order valence-electron chi connectivity index (χ4n) is 3.79. The van der Waals surface area contributed by atoms with Crippen LogP contribution >= 0.6 is 0 Å². The number of hydrogen-bond donors (Lipinski definition) is 2. The normalized spacial score (nSPS) is 18.8. The lowest BCUT2D eigenvalue weighted by Gasteiger charge is -2.25. The van der Waals surface area contributed by atoms with Gasteiger partial charge in [0.05, 0.1) is 0 Å².